The highest BCUT2D eigenvalue weighted by Crippen LogP contribution is 2.34. The van der Waals surface area contributed by atoms with Crippen molar-refractivity contribution in [1.82, 2.24) is 4.90 Å². The van der Waals surface area contributed by atoms with Gasteiger partial charge in [0.1, 0.15) is 17.9 Å². The van der Waals surface area contributed by atoms with E-state index in [2.05, 4.69) is 19.2 Å². The summed E-state index contributed by atoms with van der Waals surface area (Å²) >= 11 is 0. The van der Waals surface area contributed by atoms with Gasteiger partial charge in [0.2, 0.25) is 5.91 Å². The first-order chi connectivity index (χ1) is 13.9. The van der Waals surface area contributed by atoms with E-state index in [4.69, 9.17) is 4.74 Å². The molecule has 0 bridgehead atoms. The van der Waals surface area contributed by atoms with Gasteiger partial charge in [-0.3, -0.25) is 9.59 Å². The molecule has 2 aliphatic rings. The van der Waals surface area contributed by atoms with Crippen LogP contribution in [-0.4, -0.2) is 35.4 Å². The number of anilines is 1. The monoisotopic (exact) mass is 390 g/mol. The topological polar surface area (TPSA) is 58.6 Å². The molecule has 4 rings (SSSR count). The smallest absolute Gasteiger partial charge is 0.251 e. The van der Waals surface area contributed by atoms with Gasteiger partial charge in [0.15, 0.2) is 0 Å². The lowest BCUT2D eigenvalue weighted by molar-refractivity contribution is -0.146. The molecule has 2 aromatic carbocycles. The summed E-state index contributed by atoms with van der Waals surface area (Å²) in [5.41, 5.74) is 3.66. The zero-order valence-corrected chi connectivity index (χ0v) is 17.0. The van der Waals surface area contributed by atoms with E-state index in [1.165, 1.54) is 5.56 Å². The van der Waals surface area contributed by atoms with Gasteiger partial charge in [-0.05, 0) is 42.7 Å². The third kappa shape index (κ3) is 3.77. The summed E-state index contributed by atoms with van der Waals surface area (Å²) in [6.45, 7) is 6.76. The molecule has 0 radical (unpaired) electrons. The molecule has 2 heterocycles. The van der Waals surface area contributed by atoms with Crippen molar-refractivity contribution in [3.63, 3.8) is 0 Å². The van der Waals surface area contributed by atoms with Gasteiger partial charge in [-0.25, -0.2) is 0 Å². The van der Waals surface area contributed by atoms with Crippen molar-refractivity contribution in [3.8, 4) is 5.75 Å². The second-order valence-electron chi connectivity index (χ2n) is 7.95. The number of hydrogen-bond acceptors (Lipinski definition) is 3. The molecule has 0 spiro atoms. The predicted molar refractivity (Wildman–Crippen MR) is 114 cm³/mol. The molecule has 0 unspecified atom stereocenters. The number of likely N-dealkylation sites (tertiary alicyclic amines) is 1. The predicted octanol–water partition coefficient (Wildman–Crippen LogP) is 4.21. The SMILES string of the molecule is CC(C)c1ccc(NC(=O)[C@H](C2=Cc3ccccc3O[C@H]2C)N2CCC2=O)cc1. The molecular formula is C24H26N2O3. The van der Waals surface area contributed by atoms with Gasteiger partial charge in [0.05, 0.1) is 0 Å². The van der Waals surface area contributed by atoms with E-state index in [0.29, 0.717) is 18.9 Å². The molecule has 1 fully saturated rings. The standard InChI is InChI=1S/C24H26N2O3/c1-15(2)17-8-10-19(11-9-17)25-24(28)23(26-13-12-22(26)27)20-14-18-6-4-5-7-21(18)29-16(20)3/h4-11,14-16,23H,12-13H2,1-3H3,(H,25,28)/t16-,23-/m0/s1. The Balaban J connectivity index is 1.63. The lowest BCUT2D eigenvalue weighted by Crippen LogP contribution is -2.57. The maximum absolute atomic E-state index is 13.3. The Morgan fingerprint density at radius 3 is 2.48 bits per heavy atom. The van der Waals surface area contributed by atoms with Crippen molar-refractivity contribution in [2.24, 2.45) is 0 Å². The minimum absolute atomic E-state index is 0.00716. The van der Waals surface area contributed by atoms with E-state index in [1.807, 2.05) is 61.5 Å². The first-order valence-electron chi connectivity index (χ1n) is 10.1. The average Bonchev–Trinajstić information content (AvgIpc) is 2.70. The third-order valence-corrected chi connectivity index (χ3v) is 5.62. The van der Waals surface area contributed by atoms with Crippen LogP contribution in [0, 0.1) is 0 Å². The normalized spacial score (nSPS) is 19.0. The first-order valence-corrected chi connectivity index (χ1v) is 10.1. The number of carbonyl (C=O) groups excluding carboxylic acids is 2. The quantitative estimate of drug-likeness (QED) is 0.778. The molecule has 2 aromatic rings. The fraction of sp³-hybridized carbons (Fsp3) is 0.333. The van der Waals surface area contributed by atoms with Crippen LogP contribution < -0.4 is 10.1 Å². The Morgan fingerprint density at radius 2 is 1.86 bits per heavy atom. The number of amides is 2. The minimum Gasteiger partial charge on any atom is -0.486 e. The van der Waals surface area contributed by atoms with Crippen LogP contribution >= 0.6 is 0 Å². The second-order valence-corrected chi connectivity index (χ2v) is 7.95. The number of carbonyl (C=O) groups is 2. The molecule has 2 aliphatic heterocycles. The second kappa shape index (κ2) is 7.74. The lowest BCUT2D eigenvalue weighted by Gasteiger charge is -2.40. The maximum atomic E-state index is 13.3. The summed E-state index contributed by atoms with van der Waals surface area (Å²) in [7, 11) is 0. The van der Waals surface area contributed by atoms with Crippen molar-refractivity contribution >= 4 is 23.6 Å². The van der Waals surface area contributed by atoms with Crippen molar-refractivity contribution < 1.29 is 14.3 Å². The first kappa shape index (κ1) is 19.2. The van der Waals surface area contributed by atoms with Crippen LogP contribution in [0.3, 0.4) is 0 Å². The van der Waals surface area contributed by atoms with Gasteiger partial charge in [0, 0.05) is 29.8 Å². The number of para-hydroxylation sites is 1. The van der Waals surface area contributed by atoms with Gasteiger partial charge in [-0.2, -0.15) is 0 Å². The summed E-state index contributed by atoms with van der Waals surface area (Å²) < 4.78 is 6.04. The highest BCUT2D eigenvalue weighted by Gasteiger charge is 2.41. The Hall–Kier alpha value is -3.08. The van der Waals surface area contributed by atoms with E-state index in [9.17, 15) is 9.59 Å². The maximum Gasteiger partial charge on any atom is 0.251 e. The van der Waals surface area contributed by atoms with Crippen LogP contribution in [0.1, 0.15) is 44.2 Å². The van der Waals surface area contributed by atoms with Gasteiger partial charge < -0.3 is 15.0 Å². The average molecular weight is 390 g/mol. The Morgan fingerprint density at radius 1 is 1.14 bits per heavy atom. The summed E-state index contributed by atoms with van der Waals surface area (Å²) in [5, 5.41) is 2.99. The van der Waals surface area contributed by atoms with Crippen LogP contribution in [-0.2, 0) is 9.59 Å². The van der Waals surface area contributed by atoms with E-state index in [1.54, 1.807) is 4.90 Å². The third-order valence-electron chi connectivity index (χ3n) is 5.62. The zero-order chi connectivity index (χ0) is 20.5. The molecule has 150 valence electrons. The Kier molecular flexibility index (Phi) is 5.14. The van der Waals surface area contributed by atoms with Crippen LogP contribution in [0.5, 0.6) is 5.75 Å². The minimum atomic E-state index is -0.676. The van der Waals surface area contributed by atoms with Crippen LogP contribution in [0.2, 0.25) is 0 Å². The van der Waals surface area contributed by atoms with E-state index >= 15 is 0 Å². The molecule has 5 heteroatoms. The van der Waals surface area contributed by atoms with E-state index in [-0.39, 0.29) is 17.9 Å². The summed E-state index contributed by atoms with van der Waals surface area (Å²) in [6, 6.07) is 14.9. The molecule has 29 heavy (non-hydrogen) atoms. The van der Waals surface area contributed by atoms with Crippen molar-refractivity contribution in [3.05, 3.63) is 65.2 Å². The molecule has 2 atom stereocenters. The molecule has 0 saturated carbocycles. The number of ether oxygens (including phenoxy) is 1. The molecule has 5 nitrogen and oxygen atoms in total. The summed E-state index contributed by atoms with van der Waals surface area (Å²) in [6.07, 6.45) is 2.17. The number of hydrogen-bond donors (Lipinski definition) is 1. The van der Waals surface area contributed by atoms with E-state index in [0.717, 1.165) is 22.6 Å². The number of nitrogens with one attached hydrogen (secondary N) is 1. The Labute approximate surface area is 171 Å². The highest BCUT2D eigenvalue weighted by atomic mass is 16.5. The lowest BCUT2D eigenvalue weighted by atomic mass is 9.92. The Bertz CT molecular complexity index is 962. The highest BCUT2D eigenvalue weighted by molar-refractivity contribution is 6.01. The van der Waals surface area contributed by atoms with E-state index < -0.39 is 6.04 Å². The van der Waals surface area contributed by atoms with Gasteiger partial charge >= 0.3 is 0 Å². The van der Waals surface area contributed by atoms with Gasteiger partial charge in [0.25, 0.3) is 5.91 Å². The van der Waals surface area contributed by atoms with Crippen molar-refractivity contribution in [2.45, 2.75) is 45.3 Å². The largest absolute Gasteiger partial charge is 0.486 e. The summed E-state index contributed by atoms with van der Waals surface area (Å²) in [5.74, 6) is 1.00. The fourth-order valence-electron chi connectivity index (χ4n) is 3.80. The molecule has 0 aliphatic carbocycles. The van der Waals surface area contributed by atoms with Crippen LogP contribution in [0.4, 0.5) is 5.69 Å². The van der Waals surface area contributed by atoms with Crippen LogP contribution in [0.15, 0.2) is 54.1 Å². The molecular weight excluding hydrogens is 364 g/mol. The zero-order valence-electron chi connectivity index (χ0n) is 17.0. The van der Waals surface area contributed by atoms with Crippen molar-refractivity contribution in [2.75, 3.05) is 11.9 Å². The molecule has 1 saturated heterocycles. The molecule has 0 aromatic heterocycles. The van der Waals surface area contributed by atoms with Crippen LogP contribution in [0.25, 0.3) is 6.08 Å². The molecule has 1 N–H and O–H groups in total. The molecule has 2 amide bonds. The number of fused-ring (bicyclic) bond motifs is 1. The van der Waals surface area contributed by atoms with Crippen molar-refractivity contribution in [1.29, 1.82) is 0 Å². The van der Waals surface area contributed by atoms with Gasteiger partial charge in [-0.1, -0.05) is 44.2 Å². The number of rotatable bonds is 5. The summed E-state index contributed by atoms with van der Waals surface area (Å²) in [4.78, 5) is 27.1. The number of nitrogens with zero attached hydrogens (tertiary/aromatic N) is 1. The number of benzene rings is 2. The fourth-order valence-corrected chi connectivity index (χ4v) is 3.80. The number of β-lactam (4-membered cyclic amide) rings is 1. The van der Waals surface area contributed by atoms with Gasteiger partial charge in [-0.15, -0.1) is 0 Å².